The van der Waals surface area contributed by atoms with Crippen molar-refractivity contribution in [3.05, 3.63) is 41.2 Å². The first-order valence-corrected chi connectivity index (χ1v) is 7.26. The molecule has 0 saturated carbocycles. The Bertz CT molecular complexity index is 619. The molecule has 0 aliphatic carbocycles. The van der Waals surface area contributed by atoms with E-state index in [2.05, 4.69) is 20.7 Å². The van der Waals surface area contributed by atoms with Gasteiger partial charge in [0.25, 0.3) is 0 Å². The molecular formula is C14H16ClN5O. The standard InChI is InChI=1S/C14H16ClN5O/c15-11-5-3-10(4-6-11)8-20-9-17-14(19-20)18-13(21)12-2-1-7-16-12/h3-6,9,12,16H,1-2,7-8H2,(H,18,19,21). The molecule has 1 atom stereocenters. The number of nitrogens with zero attached hydrogens (tertiary/aromatic N) is 3. The summed E-state index contributed by atoms with van der Waals surface area (Å²) in [7, 11) is 0. The lowest BCUT2D eigenvalue weighted by atomic mass is 10.2. The number of amides is 1. The number of benzene rings is 1. The predicted octanol–water partition coefficient (Wildman–Crippen LogP) is 1.67. The number of hydrogen-bond acceptors (Lipinski definition) is 4. The van der Waals surface area contributed by atoms with Gasteiger partial charge in [-0.3, -0.25) is 10.1 Å². The van der Waals surface area contributed by atoms with Crippen molar-refractivity contribution in [1.82, 2.24) is 20.1 Å². The van der Waals surface area contributed by atoms with Crippen molar-refractivity contribution in [2.24, 2.45) is 0 Å². The van der Waals surface area contributed by atoms with Crippen LogP contribution in [-0.4, -0.2) is 33.3 Å². The number of rotatable bonds is 4. The Hall–Kier alpha value is -1.92. The number of halogens is 1. The zero-order valence-electron chi connectivity index (χ0n) is 11.4. The second-order valence-electron chi connectivity index (χ2n) is 5.03. The number of aromatic nitrogens is 3. The Morgan fingerprint density at radius 1 is 1.43 bits per heavy atom. The molecule has 2 aromatic rings. The Morgan fingerprint density at radius 3 is 2.95 bits per heavy atom. The second kappa shape index (κ2) is 6.24. The average molecular weight is 306 g/mol. The molecule has 110 valence electrons. The predicted molar refractivity (Wildman–Crippen MR) is 80.2 cm³/mol. The van der Waals surface area contributed by atoms with Crippen LogP contribution in [0, 0.1) is 0 Å². The molecule has 1 saturated heterocycles. The molecule has 0 spiro atoms. The van der Waals surface area contributed by atoms with Crippen molar-refractivity contribution in [3.8, 4) is 0 Å². The van der Waals surface area contributed by atoms with Crippen molar-refractivity contribution in [1.29, 1.82) is 0 Å². The van der Waals surface area contributed by atoms with E-state index in [-0.39, 0.29) is 11.9 Å². The van der Waals surface area contributed by atoms with Crippen LogP contribution in [0.1, 0.15) is 18.4 Å². The van der Waals surface area contributed by atoms with Gasteiger partial charge >= 0.3 is 0 Å². The molecule has 3 rings (SSSR count). The maximum atomic E-state index is 11.9. The fraction of sp³-hybridized carbons (Fsp3) is 0.357. The van der Waals surface area contributed by atoms with E-state index in [1.54, 1.807) is 11.0 Å². The van der Waals surface area contributed by atoms with Crippen molar-refractivity contribution in [2.45, 2.75) is 25.4 Å². The van der Waals surface area contributed by atoms with E-state index in [0.717, 1.165) is 24.9 Å². The summed E-state index contributed by atoms with van der Waals surface area (Å²) in [4.78, 5) is 16.0. The van der Waals surface area contributed by atoms with Crippen LogP contribution in [-0.2, 0) is 11.3 Å². The topological polar surface area (TPSA) is 71.8 Å². The molecule has 1 aromatic heterocycles. The van der Waals surface area contributed by atoms with Crippen molar-refractivity contribution >= 4 is 23.5 Å². The van der Waals surface area contributed by atoms with Gasteiger partial charge in [0.05, 0.1) is 12.6 Å². The minimum Gasteiger partial charge on any atom is -0.306 e. The first-order valence-electron chi connectivity index (χ1n) is 6.89. The second-order valence-corrected chi connectivity index (χ2v) is 5.47. The number of nitrogens with one attached hydrogen (secondary N) is 2. The Morgan fingerprint density at radius 2 is 2.24 bits per heavy atom. The van der Waals surface area contributed by atoms with E-state index in [1.165, 1.54) is 0 Å². The van der Waals surface area contributed by atoms with Crippen LogP contribution in [0.3, 0.4) is 0 Å². The Labute approximate surface area is 127 Å². The lowest BCUT2D eigenvalue weighted by Crippen LogP contribution is -2.35. The number of carbonyl (C=O) groups excluding carboxylic acids is 1. The third-order valence-electron chi connectivity index (χ3n) is 3.41. The van der Waals surface area contributed by atoms with Gasteiger partial charge in [-0.05, 0) is 37.1 Å². The number of carbonyl (C=O) groups is 1. The molecule has 7 heteroatoms. The summed E-state index contributed by atoms with van der Waals surface area (Å²) in [6, 6.07) is 7.41. The zero-order chi connectivity index (χ0) is 14.7. The fourth-order valence-corrected chi connectivity index (χ4v) is 2.44. The van der Waals surface area contributed by atoms with Crippen LogP contribution >= 0.6 is 11.6 Å². The maximum Gasteiger partial charge on any atom is 0.248 e. The van der Waals surface area contributed by atoms with Crippen molar-refractivity contribution in [3.63, 3.8) is 0 Å². The molecule has 2 N–H and O–H groups in total. The molecular weight excluding hydrogens is 290 g/mol. The van der Waals surface area contributed by atoms with E-state index in [1.807, 2.05) is 24.3 Å². The molecule has 21 heavy (non-hydrogen) atoms. The van der Waals surface area contributed by atoms with Crippen LogP contribution in [0.15, 0.2) is 30.6 Å². The van der Waals surface area contributed by atoms with Gasteiger partial charge in [0.15, 0.2) is 0 Å². The minimum atomic E-state index is -0.131. The Balaban J connectivity index is 1.60. The zero-order valence-corrected chi connectivity index (χ0v) is 12.2. The molecule has 1 aliphatic rings. The summed E-state index contributed by atoms with van der Waals surface area (Å²) < 4.78 is 1.68. The average Bonchev–Trinajstić information content (AvgIpc) is 3.13. The van der Waals surface area contributed by atoms with E-state index in [4.69, 9.17) is 11.6 Å². The smallest absolute Gasteiger partial charge is 0.248 e. The summed E-state index contributed by atoms with van der Waals surface area (Å²) in [5.41, 5.74) is 1.07. The van der Waals surface area contributed by atoms with Gasteiger partial charge in [0, 0.05) is 5.02 Å². The molecule has 1 fully saturated rings. The van der Waals surface area contributed by atoms with Gasteiger partial charge < -0.3 is 5.32 Å². The van der Waals surface area contributed by atoms with Gasteiger partial charge in [-0.25, -0.2) is 9.67 Å². The molecule has 1 aliphatic heterocycles. The SMILES string of the molecule is O=C(Nc1ncn(Cc2ccc(Cl)cc2)n1)C1CCCN1. The Kier molecular flexibility index (Phi) is 4.17. The first-order chi connectivity index (χ1) is 10.2. The minimum absolute atomic E-state index is 0.0725. The summed E-state index contributed by atoms with van der Waals surface area (Å²) >= 11 is 5.85. The molecule has 1 aromatic carbocycles. The lowest BCUT2D eigenvalue weighted by Gasteiger charge is -2.08. The van der Waals surface area contributed by atoms with Gasteiger partial charge in [-0.15, -0.1) is 5.10 Å². The molecule has 0 radical (unpaired) electrons. The molecule has 2 heterocycles. The van der Waals surface area contributed by atoms with Gasteiger partial charge in [-0.1, -0.05) is 23.7 Å². The highest BCUT2D eigenvalue weighted by Crippen LogP contribution is 2.11. The maximum absolute atomic E-state index is 11.9. The van der Waals surface area contributed by atoms with Crippen molar-refractivity contribution in [2.75, 3.05) is 11.9 Å². The van der Waals surface area contributed by atoms with Crippen LogP contribution < -0.4 is 10.6 Å². The van der Waals surface area contributed by atoms with E-state index >= 15 is 0 Å². The molecule has 1 unspecified atom stereocenters. The quantitative estimate of drug-likeness (QED) is 0.901. The first kappa shape index (κ1) is 14.0. The third kappa shape index (κ3) is 3.59. The largest absolute Gasteiger partial charge is 0.306 e. The number of hydrogen-bond donors (Lipinski definition) is 2. The molecule has 0 bridgehead atoms. The summed E-state index contributed by atoms with van der Waals surface area (Å²) in [5, 5.41) is 10.8. The van der Waals surface area contributed by atoms with Gasteiger partial charge in [-0.2, -0.15) is 0 Å². The third-order valence-corrected chi connectivity index (χ3v) is 3.66. The highest BCUT2D eigenvalue weighted by atomic mass is 35.5. The number of anilines is 1. The fourth-order valence-electron chi connectivity index (χ4n) is 2.31. The van der Waals surface area contributed by atoms with Crippen molar-refractivity contribution < 1.29 is 4.79 Å². The van der Waals surface area contributed by atoms with E-state index in [0.29, 0.717) is 17.5 Å². The van der Waals surface area contributed by atoms with Crippen LogP contribution in [0.2, 0.25) is 5.02 Å². The molecule has 1 amide bonds. The lowest BCUT2D eigenvalue weighted by molar-refractivity contribution is -0.117. The summed E-state index contributed by atoms with van der Waals surface area (Å²) in [5.74, 6) is 0.263. The highest BCUT2D eigenvalue weighted by Gasteiger charge is 2.22. The van der Waals surface area contributed by atoms with E-state index in [9.17, 15) is 4.79 Å². The van der Waals surface area contributed by atoms with Gasteiger partial charge in [0.2, 0.25) is 11.9 Å². The highest BCUT2D eigenvalue weighted by molar-refractivity contribution is 6.30. The normalized spacial score (nSPS) is 17.9. The van der Waals surface area contributed by atoms with Crippen LogP contribution in [0.4, 0.5) is 5.95 Å². The van der Waals surface area contributed by atoms with Crippen LogP contribution in [0.25, 0.3) is 0 Å². The molecule has 6 nitrogen and oxygen atoms in total. The summed E-state index contributed by atoms with van der Waals surface area (Å²) in [6.45, 7) is 1.47. The van der Waals surface area contributed by atoms with E-state index < -0.39 is 0 Å². The monoisotopic (exact) mass is 305 g/mol. The summed E-state index contributed by atoms with van der Waals surface area (Å²) in [6.07, 6.45) is 3.49. The van der Waals surface area contributed by atoms with Gasteiger partial charge in [0.1, 0.15) is 6.33 Å². The van der Waals surface area contributed by atoms with Crippen LogP contribution in [0.5, 0.6) is 0 Å².